The molecule has 0 heterocycles. The Morgan fingerprint density at radius 1 is 1.31 bits per heavy atom. The number of carbonyl (C=O) groups excluding carboxylic acids is 1. The number of carboxylic acid groups (broad SMARTS) is 1. The largest absolute Gasteiger partial charge is 0.480 e. The van der Waals surface area contributed by atoms with Gasteiger partial charge in [-0.1, -0.05) is 30.0 Å². The van der Waals surface area contributed by atoms with E-state index in [1.807, 2.05) is 30.3 Å². The van der Waals surface area contributed by atoms with Crippen molar-refractivity contribution in [1.29, 1.82) is 0 Å². The van der Waals surface area contributed by atoms with Gasteiger partial charge >= 0.3 is 5.97 Å². The number of benzene rings is 1. The molecule has 0 aliphatic heterocycles. The highest BCUT2D eigenvalue weighted by Gasteiger charge is 2.16. The molecular weight excluding hydrogens is 244 g/mol. The molecule has 0 saturated carbocycles. The van der Waals surface area contributed by atoms with Gasteiger partial charge in [0.1, 0.15) is 5.25 Å². The zero-order valence-electron chi connectivity index (χ0n) is 8.75. The van der Waals surface area contributed by atoms with Crippen molar-refractivity contribution in [2.24, 2.45) is 0 Å². The molecule has 0 spiro atoms. The molecule has 0 radical (unpaired) electrons. The Bertz CT molecular complexity index is 365. The number of carbonyl (C=O) groups is 2. The van der Waals surface area contributed by atoms with E-state index in [-0.39, 0.29) is 5.12 Å². The van der Waals surface area contributed by atoms with E-state index in [1.165, 1.54) is 18.7 Å². The molecule has 86 valence electrons. The summed E-state index contributed by atoms with van der Waals surface area (Å²) in [5.41, 5.74) is 0. The third-order valence-corrected chi connectivity index (χ3v) is 3.91. The van der Waals surface area contributed by atoms with Crippen LogP contribution >= 0.6 is 23.5 Å². The highest BCUT2D eigenvalue weighted by molar-refractivity contribution is 8.16. The van der Waals surface area contributed by atoms with E-state index in [9.17, 15) is 9.59 Å². The summed E-state index contributed by atoms with van der Waals surface area (Å²) < 4.78 is 0. The summed E-state index contributed by atoms with van der Waals surface area (Å²) in [6.07, 6.45) is 0. The first-order chi connectivity index (χ1) is 7.59. The van der Waals surface area contributed by atoms with Crippen LogP contribution in [0.5, 0.6) is 0 Å². The molecule has 0 bridgehead atoms. The third-order valence-electron chi connectivity index (χ3n) is 1.76. The minimum atomic E-state index is -0.955. The summed E-state index contributed by atoms with van der Waals surface area (Å²) in [4.78, 5) is 23.0. The van der Waals surface area contributed by atoms with Gasteiger partial charge in [-0.25, -0.2) is 0 Å². The van der Waals surface area contributed by atoms with Gasteiger partial charge in [0.05, 0.1) is 5.75 Å². The molecule has 0 aliphatic rings. The molecule has 1 aromatic rings. The maximum atomic E-state index is 11.4. The number of hydrogen-bond donors (Lipinski definition) is 1. The van der Waals surface area contributed by atoms with Crippen LogP contribution in [0.2, 0.25) is 0 Å². The monoisotopic (exact) mass is 256 g/mol. The number of carboxylic acids is 1. The maximum Gasteiger partial charge on any atom is 0.316 e. The molecule has 0 aromatic heterocycles. The molecule has 16 heavy (non-hydrogen) atoms. The topological polar surface area (TPSA) is 54.4 Å². The number of hydrogen-bond acceptors (Lipinski definition) is 4. The van der Waals surface area contributed by atoms with Crippen LogP contribution in [-0.4, -0.2) is 27.2 Å². The van der Waals surface area contributed by atoms with E-state index >= 15 is 0 Å². The fraction of sp³-hybridized carbons (Fsp3) is 0.273. The standard InChI is InChI=1S/C11H12O3S2/c1-8(11(13)14)16-10(12)7-15-9-5-3-2-4-6-9/h2-6,8H,7H2,1H3,(H,13,14). The highest BCUT2D eigenvalue weighted by Crippen LogP contribution is 2.21. The number of thioether (sulfide) groups is 2. The first-order valence-electron chi connectivity index (χ1n) is 4.69. The Balaban J connectivity index is 2.33. The normalized spacial score (nSPS) is 12.1. The second-order valence-corrected chi connectivity index (χ2v) is 5.52. The van der Waals surface area contributed by atoms with Gasteiger partial charge < -0.3 is 5.11 Å². The summed E-state index contributed by atoms with van der Waals surface area (Å²) in [6.45, 7) is 1.51. The molecule has 0 aliphatic carbocycles. The van der Waals surface area contributed by atoms with E-state index in [1.54, 1.807) is 0 Å². The van der Waals surface area contributed by atoms with Crippen LogP contribution in [0.1, 0.15) is 6.92 Å². The maximum absolute atomic E-state index is 11.4. The van der Waals surface area contributed by atoms with Crippen LogP contribution < -0.4 is 0 Å². The second-order valence-electron chi connectivity index (χ2n) is 3.07. The summed E-state index contributed by atoms with van der Waals surface area (Å²) >= 11 is 2.29. The van der Waals surface area contributed by atoms with E-state index < -0.39 is 11.2 Å². The van der Waals surface area contributed by atoms with Crippen molar-refractivity contribution in [3.05, 3.63) is 30.3 Å². The van der Waals surface area contributed by atoms with Crippen LogP contribution in [0.4, 0.5) is 0 Å². The lowest BCUT2D eigenvalue weighted by atomic mass is 10.4. The van der Waals surface area contributed by atoms with Gasteiger partial charge in [0.15, 0.2) is 5.12 Å². The zero-order valence-corrected chi connectivity index (χ0v) is 10.4. The quantitative estimate of drug-likeness (QED) is 0.820. The molecule has 0 fully saturated rings. The van der Waals surface area contributed by atoms with Crippen molar-refractivity contribution in [1.82, 2.24) is 0 Å². The van der Waals surface area contributed by atoms with Gasteiger partial charge in [-0.05, 0) is 19.1 Å². The van der Waals surface area contributed by atoms with Crippen molar-refractivity contribution < 1.29 is 14.7 Å². The zero-order chi connectivity index (χ0) is 12.0. The van der Waals surface area contributed by atoms with E-state index in [4.69, 9.17) is 5.11 Å². The Kier molecular flexibility index (Phi) is 5.42. The molecule has 5 heteroatoms. The molecule has 1 N–H and O–H groups in total. The molecule has 1 rings (SSSR count). The minimum absolute atomic E-state index is 0.108. The summed E-state index contributed by atoms with van der Waals surface area (Å²) in [6, 6.07) is 9.55. The lowest BCUT2D eigenvalue weighted by Gasteiger charge is -2.04. The van der Waals surface area contributed by atoms with Gasteiger partial charge in [-0.2, -0.15) is 0 Å². The molecule has 3 nitrogen and oxygen atoms in total. The molecule has 0 amide bonds. The average Bonchev–Trinajstić information content (AvgIpc) is 2.27. The van der Waals surface area contributed by atoms with Gasteiger partial charge in [0.2, 0.25) is 0 Å². The van der Waals surface area contributed by atoms with E-state index in [0.717, 1.165) is 16.7 Å². The van der Waals surface area contributed by atoms with Crippen LogP contribution in [0, 0.1) is 0 Å². The predicted octanol–water partition coefficient (Wildman–Crippen LogP) is 2.51. The van der Waals surface area contributed by atoms with Crippen molar-refractivity contribution in [3.63, 3.8) is 0 Å². The summed E-state index contributed by atoms with van der Waals surface area (Å²) in [5.74, 6) is -0.658. The Labute approximate surface area is 103 Å². The fourth-order valence-electron chi connectivity index (χ4n) is 0.941. The Morgan fingerprint density at radius 3 is 2.50 bits per heavy atom. The van der Waals surface area contributed by atoms with Crippen LogP contribution in [0.3, 0.4) is 0 Å². The molecule has 1 aromatic carbocycles. The molecular formula is C11H12O3S2. The molecule has 0 saturated heterocycles. The smallest absolute Gasteiger partial charge is 0.316 e. The highest BCUT2D eigenvalue weighted by atomic mass is 32.2. The van der Waals surface area contributed by atoms with Gasteiger partial charge in [0.25, 0.3) is 0 Å². The SMILES string of the molecule is CC(SC(=O)CSc1ccccc1)C(=O)O. The third kappa shape index (κ3) is 4.72. The van der Waals surface area contributed by atoms with Crippen molar-refractivity contribution in [2.45, 2.75) is 17.1 Å². The van der Waals surface area contributed by atoms with Crippen LogP contribution in [0.25, 0.3) is 0 Å². The molecule has 1 unspecified atom stereocenters. The first kappa shape index (κ1) is 13.1. The van der Waals surface area contributed by atoms with E-state index in [2.05, 4.69) is 0 Å². The van der Waals surface area contributed by atoms with E-state index in [0.29, 0.717) is 5.75 Å². The van der Waals surface area contributed by atoms with Gasteiger partial charge in [-0.15, -0.1) is 11.8 Å². The lowest BCUT2D eigenvalue weighted by molar-refractivity contribution is -0.136. The Morgan fingerprint density at radius 2 is 1.94 bits per heavy atom. The van der Waals surface area contributed by atoms with Crippen LogP contribution in [-0.2, 0) is 9.59 Å². The van der Waals surface area contributed by atoms with Crippen molar-refractivity contribution in [3.8, 4) is 0 Å². The Hall–Kier alpha value is -0.940. The number of aliphatic carboxylic acids is 1. The van der Waals surface area contributed by atoms with Crippen molar-refractivity contribution >= 4 is 34.6 Å². The first-order valence-corrected chi connectivity index (χ1v) is 6.56. The predicted molar refractivity (Wildman–Crippen MR) is 66.9 cm³/mol. The van der Waals surface area contributed by atoms with Gasteiger partial charge in [0, 0.05) is 4.90 Å². The lowest BCUT2D eigenvalue weighted by Crippen LogP contribution is -2.14. The number of rotatable bonds is 5. The summed E-state index contributed by atoms with van der Waals surface area (Å²) in [5, 5.41) is 7.85. The van der Waals surface area contributed by atoms with Gasteiger partial charge in [-0.3, -0.25) is 9.59 Å². The summed E-state index contributed by atoms with van der Waals surface area (Å²) in [7, 11) is 0. The molecule has 1 atom stereocenters. The average molecular weight is 256 g/mol. The van der Waals surface area contributed by atoms with Crippen molar-refractivity contribution in [2.75, 3.05) is 5.75 Å². The second kappa shape index (κ2) is 6.60. The minimum Gasteiger partial charge on any atom is -0.480 e. The fourth-order valence-corrected chi connectivity index (χ4v) is 2.52. The van der Waals surface area contributed by atoms with Crippen LogP contribution in [0.15, 0.2) is 35.2 Å².